The lowest BCUT2D eigenvalue weighted by atomic mass is 9.84. The minimum absolute atomic E-state index is 0.217. The summed E-state index contributed by atoms with van der Waals surface area (Å²) in [7, 11) is 0. The van der Waals surface area contributed by atoms with Crippen LogP contribution in [0.4, 0.5) is 0 Å². The maximum atomic E-state index is 11.8. The van der Waals surface area contributed by atoms with E-state index < -0.39 is 5.54 Å². The zero-order valence-corrected chi connectivity index (χ0v) is 14.1. The number of esters is 1. The quantitative estimate of drug-likeness (QED) is 0.795. The number of halogens is 1. The first-order chi connectivity index (χ1) is 11.1. The fourth-order valence-corrected chi connectivity index (χ4v) is 3.15. The van der Waals surface area contributed by atoms with Crippen LogP contribution in [0.5, 0.6) is 0 Å². The summed E-state index contributed by atoms with van der Waals surface area (Å²) in [6.45, 7) is 4.83. The number of nitriles is 1. The minimum atomic E-state index is -0.791. The summed E-state index contributed by atoms with van der Waals surface area (Å²) in [6.07, 6.45) is 0.633. The Labute approximate surface area is 141 Å². The zero-order valence-electron chi connectivity index (χ0n) is 13.3. The molecule has 0 aliphatic carbocycles. The van der Waals surface area contributed by atoms with Crippen molar-refractivity contribution in [3.05, 3.63) is 34.9 Å². The Kier molecular flexibility index (Phi) is 6.40. The van der Waals surface area contributed by atoms with E-state index in [4.69, 9.17) is 21.1 Å². The Morgan fingerprint density at radius 3 is 2.61 bits per heavy atom. The van der Waals surface area contributed by atoms with Crippen molar-refractivity contribution in [3.8, 4) is 6.07 Å². The highest BCUT2D eigenvalue weighted by molar-refractivity contribution is 6.30. The number of carbonyl (C=O) groups excluding carboxylic acids is 1. The molecule has 1 fully saturated rings. The zero-order chi connectivity index (χ0) is 16.7. The number of morpholine rings is 1. The Hall–Kier alpha value is -1.61. The minimum Gasteiger partial charge on any atom is -0.466 e. The molecule has 6 heteroatoms. The van der Waals surface area contributed by atoms with Gasteiger partial charge >= 0.3 is 5.97 Å². The number of benzene rings is 1. The van der Waals surface area contributed by atoms with E-state index in [2.05, 4.69) is 6.07 Å². The van der Waals surface area contributed by atoms with E-state index in [9.17, 15) is 10.1 Å². The van der Waals surface area contributed by atoms with Crippen LogP contribution >= 0.6 is 11.6 Å². The highest BCUT2D eigenvalue weighted by Gasteiger charge is 2.44. The molecule has 23 heavy (non-hydrogen) atoms. The molecule has 0 unspecified atom stereocenters. The summed E-state index contributed by atoms with van der Waals surface area (Å²) in [5, 5.41) is 10.6. The van der Waals surface area contributed by atoms with Crippen LogP contribution in [-0.4, -0.2) is 38.9 Å². The van der Waals surface area contributed by atoms with E-state index in [1.54, 1.807) is 19.1 Å². The molecule has 1 aliphatic rings. The summed E-state index contributed by atoms with van der Waals surface area (Å²) >= 11 is 5.98. The Morgan fingerprint density at radius 1 is 1.39 bits per heavy atom. The molecule has 0 saturated carbocycles. The first kappa shape index (κ1) is 17.7. The smallest absolute Gasteiger partial charge is 0.306 e. The molecule has 1 N–H and O–H groups in total. The Balaban J connectivity index is 2.29. The molecule has 0 aromatic heterocycles. The van der Waals surface area contributed by atoms with Crippen molar-refractivity contribution in [2.75, 3.05) is 32.9 Å². The Morgan fingerprint density at radius 2 is 2.04 bits per heavy atom. The van der Waals surface area contributed by atoms with Crippen LogP contribution in [-0.2, 0) is 19.8 Å². The van der Waals surface area contributed by atoms with E-state index in [-0.39, 0.29) is 12.4 Å². The van der Waals surface area contributed by atoms with Crippen molar-refractivity contribution in [1.29, 1.82) is 5.26 Å². The van der Waals surface area contributed by atoms with E-state index >= 15 is 0 Å². The summed E-state index contributed by atoms with van der Waals surface area (Å²) in [4.78, 5) is 12.9. The number of rotatable bonds is 6. The third kappa shape index (κ3) is 4.23. The van der Waals surface area contributed by atoms with Gasteiger partial charge in [-0.3, -0.25) is 4.79 Å². The lowest BCUT2D eigenvalue weighted by molar-refractivity contribution is -0.958. The first-order valence-corrected chi connectivity index (χ1v) is 8.26. The van der Waals surface area contributed by atoms with Gasteiger partial charge in [-0.2, -0.15) is 5.26 Å². The number of nitrogens with one attached hydrogen (secondary N) is 1. The third-order valence-corrected chi connectivity index (χ3v) is 4.49. The van der Waals surface area contributed by atoms with Gasteiger partial charge in [0.1, 0.15) is 19.2 Å². The van der Waals surface area contributed by atoms with Crippen molar-refractivity contribution >= 4 is 17.6 Å². The number of hydrogen-bond donors (Lipinski definition) is 1. The maximum absolute atomic E-state index is 11.8. The molecule has 0 spiro atoms. The topological polar surface area (TPSA) is 63.8 Å². The Bertz CT molecular complexity index is 564. The average molecular weight is 338 g/mol. The third-order valence-electron chi connectivity index (χ3n) is 4.24. The summed E-state index contributed by atoms with van der Waals surface area (Å²) in [5.41, 5.74) is 0.0896. The van der Waals surface area contributed by atoms with Gasteiger partial charge in [0.15, 0.2) is 0 Å². The molecule has 1 aromatic rings. The molecule has 0 bridgehead atoms. The van der Waals surface area contributed by atoms with Gasteiger partial charge in [0.05, 0.1) is 26.2 Å². The normalized spacial score (nSPS) is 18.0. The predicted molar refractivity (Wildman–Crippen MR) is 86.1 cm³/mol. The van der Waals surface area contributed by atoms with E-state index in [1.807, 2.05) is 12.1 Å². The molecule has 0 radical (unpaired) electrons. The molecule has 5 nitrogen and oxygen atoms in total. The van der Waals surface area contributed by atoms with Gasteiger partial charge in [-0.15, -0.1) is 0 Å². The van der Waals surface area contributed by atoms with Crippen molar-refractivity contribution in [2.45, 2.75) is 25.3 Å². The first-order valence-electron chi connectivity index (χ1n) is 7.88. The molecule has 0 amide bonds. The second-order valence-corrected chi connectivity index (χ2v) is 5.98. The van der Waals surface area contributed by atoms with Crippen molar-refractivity contribution in [1.82, 2.24) is 0 Å². The van der Waals surface area contributed by atoms with Gasteiger partial charge in [-0.1, -0.05) is 23.7 Å². The van der Waals surface area contributed by atoms with Gasteiger partial charge in [0.25, 0.3) is 0 Å². The van der Waals surface area contributed by atoms with Crippen LogP contribution in [0.15, 0.2) is 24.3 Å². The van der Waals surface area contributed by atoms with Crippen molar-refractivity contribution in [2.24, 2.45) is 0 Å². The molecule has 2 rings (SSSR count). The van der Waals surface area contributed by atoms with Gasteiger partial charge in [-0.05, 0) is 19.1 Å². The van der Waals surface area contributed by atoms with Crippen LogP contribution < -0.4 is 4.90 Å². The van der Waals surface area contributed by atoms with Crippen LogP contribution in [0, 0.1) is 11.3 Å². The van der Waals surface area contributed by atoms with Gasteiger partial charge < -0.3 is 14.4 Å². The molecular formula is C17H22ClN2O3+. The number of hydrogen-bond acceptors (Lipinski definition) is 4. The lowest BCUT2D eigenvalue weighted by Crippen LogP contribution is -3.20. The van der Waals surface area contributed by atoms with Crippen molar-refractivity contribution in [3.63, 3.8) is 0 Å². The molecule has 1 aromatic carbocycles. The van der Waals surface area contributed by atoms with E-state index in [1.165, 1.54) is 0 Å². The van der Waals surface area contributed by atoms with E-state index in [0.717, 1.165) is 23.6 Å². The van der Waals surface area contributed by atoms with Crippen LogP contribution in [0.25, 0.3) is 0 Å². The largest absolute Gasteiger partial charge is 0.466 e. The fraction of sp³-hybridized carbons (Fsp3) is 0.529. The molecule has 124 valence electrons. The SMILES string of the molecule is CCOC(=O)CC[C@@](C#N)(c1ccc(Cl)cc1)[NH+]1CCOCC1. The monoisotopic (exact) mass is 337 g/mol. The number of nitrogens with zero attached hydrogens (tertiary/aromatic N) is 1. The number of ether oxygens (including phenoxy) is 2. The highest BCUT2D eigenvalue weighted by Crippen LogP contribution is 2.25. The van der Waals surface area contributed by atoms with Crippen LogP contribution in [0.3, 0.4) is 0 Å². The van der Waals surface area contributed by atoms with Crippen LogP contribution in [0.1, 0.15) is 25.3 Å². The molecule has 1 saturated heterocycles. The van der Waals surface area contributed by atoms with Crippen LogP contribution in [0.2, 0.25) is 5.02 Å². The lowest BCUT2D eigenvalue weighted by Gasteiger charge is -2.38. The maximum Gasteiger partial charge on any atom is 0.306 e. The number of carbonyl (C=O) groups is 1. The predicted octanol–water partition coefficient (Wildman–Crippen LogP) is 1.32. The molecule has 1 aliphatic heterocycles. The second-order valence-electron chi connectivity index (χ2n) is 5.54. The fourth-order valence-electron chi connectivity index (χ4n) is 3.03. The molecule has 1 atom stereocenters. The highest BCUT2D eigenvalue weighted by atomic mass is 35.5. The van der Waals surface area contributed by atoms with Gasteiger partial charge in [-0.25, -0.2) is 0 Å². The molecule has 1 heterocycles. The second kappa shape index (κ2) is 8.30. The van der Waals surface area contributed by atoms with Gasteiger partial charge in [0, 0.05) is 17.0 Å². The van der Waals surface area contributed by atoms with Crippen molar-refractivity contribution < 1.29 is 19.2 Å². The summed E-state index contributed by atoms with van der Waals surface area (Å²) < 4.78 is 10.4. The molecular weight excluding hydrogens is 316 g/mol. The van der Waals surface area contributed by atoms with Gasteiger partial charge in [0.2, 0.25) is 5.54 Å². The summed E-state index contributed by atoms with van der Waals surface area (Å²) in [5.74, 6) is -0.270. The standard InChI is InChI=1S/C17H21ClN2O3/c1-2-23-16(21)7-8-17(13-19,20-9-11-22-12-10-20)14-3-5-15(18)6-4-14/h3-6H,2,7-12H2,1H3/p+1/t17-/m1/s1. The van der Waals surface area contributed by atoms with E-state index in [0.29, 0.717) is 31.3 Å². The number of quaternary nitrogens is 1. The average Bonchev–Trinajstić information content (AvgIpc) is 2.58. The summed E-state index contributed by atoms with van der Waals surface area (Å²) in [6, 6.07) is 9.79.